The van der Waals surface area contributed by atoms with Crippen molar-refractivity contribution in [1.82, 2.24) is 5.32 Å². The molecule has 1 amide bonds. The van der Waals surface area contributed by atoms with Crippen molar-refractivity contribution >= 4 is 23.5 Å². The molecule has 20 heavy (non-hydrogen) atoms. The van der Waals surface area contributed by atoms with E-state index in [1.165, 1.54) is 0 Å². The van der Waals surface area contributed by atoms with Crippen LogP contribution in [0.4, 0.5) is 0 Å². The highest BCUT2D eigenvalue weighted by Gasteiger charge is 2.24. The Morgan fingerprint density at radius 1 is 1.30 bits per heavy atom. The normalized spacial score (nSPS) is 13.6. The predicted octanol–water partition coefficient (Wildman–Crippen LogP) is 2.89. The average Bonchev–Trinajstić information content (AvgIpc) is 2.43. The number of carbonyl (C=O) groups is 2. The van der Waals surface area contributed by atoms with Crippen LogP contribution < -0.4 is 5.32 Å². The van der Waals surface area contributed by atoms with Gasteiger partial charge in [-0.05, 0) is 30.0 Å². The molecule has 0 heterocycles. The van der Waals surface area contributed by atoms with Gasteiger partial charge in [-0.15, -0.1) is 0 Å². The molecule has 5 heteroatoms. The molecule has 110 valence electrons. The molecule has 1 aromatic rings. The molecule has 0 unspecified atom stereocenters. The number of benzene rings is 1. The standard InChI is InChI=1S/C15H20ClNO3/c1-3-10(2)14(15(19)20)17-13(18)9-6-11-4-7-12(16)8-5-11/h4-5,7-8,10,14H,3,6,9H2,1-2H3,(H,17,18)(H,19,20)/t10-,14-/m0/s1. The lowest BCUT2D eigenvalue weighted by molar-refractivity contribution is -0.143. The average molecular weight is 298 g/mol. The van der Waals surface area contributed by atoms with Crippen molar-refractivity contribution in [2.45, 2.75) is 39.2 Å². The Balaban J connectivity index is 2.49. The van der Waals surface area contributed by atoms with E-state index in [1.54, 1.807) is 12.1 Å². The summed E-state index contributed by atoms with van der Waals surface area (Å²) >= 11 is 5.78. The number of carbonyl (C=O) groups excluding carboxylic acids is 1. The maximum absolute atomic E-state index is 11.8. The lowest BCUT2D eigenvalue weighted by Gasteiger charge is -2.20. The second-order valence-corrected chi connectivity index (χ2v) is 5.33. The van der Waals surface area contributed by atoms with Gasteiger partial charge in [0.1, 0.15) is 6.04 Å². The summed E-state index contributed by atoms with van der Waals surface area (Å²) in [6, 6.07) is 6.44. The number of halogens is 1. The van der Waals surface area contributed by atoms with Crippen LogP contribution in [-0.2, 0) is 16.0 Å². The van der Waals surface area contributed by atoms with Crippen LogP contribution in [0, 0.1) is 5.92 Å². The van der Waals surface area contributed by atoms with Crippen LogP contribution in [0.3, 0.4) is 0 Å². The van der Waals surface area contributed by atoms with Gasteiger partial charge in [-0.25, -0.2) is 4.79 Å². The molecule has 0 spiro atoms. The van der Waals surface area contributed by atoms with E-state index in [1.807, 2.05) is 26.0 Å². The summed E-state index contributed by atoms with van der Waals surface area (Å²) in [6.45, 7) is 3.72. The second-order valence-electron chi connectivity index (χ2n) is 4.90. The Labute approximate surface area is 124 Å². The SMILES string of the molecule is CC[C@H](C)[C@H](NC(=O)CCc1ccc(Cl)cc1)C(=O)O. The molecule has 0 aromatic heterocycles. The topological polar surface area (TPSA) is 66.4 Å². The molecule has 4 nitrogen and oxygen atoms in total. The van der Waals surface area contributed by atoms with Crippen LogP contribution in [0.25, 0.3) is 0 Å². The third kappa shape index (κ3) is 5.21. The van der Waals surface area contributed by atoms with Gasteiger partial charge in [0.05, 0.1) is 0 Å². The number of carboxylic acids is 1. The summed E-state index contributed by atoms with van der Waals surface area (Å²) in [4.78, 5) is 22.9. The number of carboxylic acid groups (broad SMARTS) is 1. The maximum Gasteiger partial charge on any atom is 0.326 e. The molecular weight excluding hydrogens is 278 g/mol. The molecule has 0 saturated heterocycles. The fourth-order valence-corrected chi connectivity index (χ4v) is 1.96. The van der Waals surface area contributed by atoms with Crippen LogP contribution in [0.2, 0.25) is 5.02 Å². The van der Waals surface area contributed by atoms with E-state index < -0.39 is 12.0 Å². The van der Waals surface area contributed by atoms with Gasteiger partial charge < -0.3 is 10.4 Å². The molecule has 0 fully saturated rings. The molecule has 2 N–H and O–H groups in total. The van der Waals surface area contributed by atoms with Crippen LogP contribution in [0.1, 0.15) is 32.3 Å². The first-order valence-corrected chi connectivity index (χ1v) is 7.08. The monoisotopic (exact) mass is 297 g/mol. The lowest BCUT2D eigenvalue weighted by atomic mass is 9.99. The Morgan fingerprint density at radius 3 is 2.40 bits per heavy atom. The first-order chi connectivity index (χ1) is 9.43. The number of amides is 1. The fraction of sp³-hybridized carbons (Fsp3) is 0.467. The van der Waals surface area contributed by atoms with E-state index in [2.05, 4.69) is 5.32 Å². The molecule has 2 atom stereocenters. The number of hydrogen-bond donors (Lipinski definition) is 2. The highest BCUT2D eigenvalue weighted by molar-refractivity contribution is 6.30. The third-order valence-electron chi connectivity index (χ3n) is 3.35. The molecule has 1 aromatic carbocycles. The zero-order chi connectivity index (χ0) is 15.1. The Kier molecular flexibility index (Phi) is 6.52. The zero-order valence-corrected chi connectivity index (χ0v) is 12.5. The van der Waals surface area contributed by atoms with Gasteiger partial charge in [-0.2, -0.15) is 0 Å². The number of aryl methyl sites for hydroxylation is 1. The molecule has 0 saturated carbocycles. The van der Waals surface area contributed by atoms with E-state index in [9.17, 15) is 9.59 Å². The van der Waals surface area contributed by atoms with Gasteiger partial charge in [0.2, 0.25) is 5.91 Å². The van der Waals surface area contributed by atoms with Crippen molar-refractivity contribution in [3.63, 3.8) is 0 Å². The third-order valence-corrected chi connectivity index (χ3v) is 3.60. The minimum Gasteiger partial charge on any atom is -0.480 e. The minimum absolute atomic E-state index is 0.0908. The molecule has 0 aliphatic carbocycles. The maximum atomic E-state index is 11.8. The first kappa shape index (κ1) is 16.5. The Bertz CT molecular complexity index is 459. The number of aliphatic carboxylic acids is 1. The summed E-state index contributed by atoms with van der Waals surface area (Å²) in [5.74, 6) is -1.32. The molecule has 1 rings (SSSR count). The Morgan fingerprint density at radius 2 is 1.90 bits per heavy atom. The van der Waals surface area contributed by atoms with Crippen molar-refractivity contribution in [3.05, 3.63) is 34.9 Å². The molecule has 0 aliphatic heterocycles. The molecule has 0 aliphatic rings. The second kappa shape index (κ2) is 7.90. The summed E-state index contributed by atoms with van der Waals surface area (Å²) < 4.78 is 0. The van der Waals surface area contributed by atoms with Gasteiger partial charge in [-0.1, -0.05) is 44.0 Å². The highest BCUT2D eigenvalue weighted by Crippen LogP contribution is 2.12. The van der Waals surface area contributed by atoms with Gasteiger partial charge in [0.15, 0.2) is 0 Å². The van der Waals surface area contributed by atoms with Gasteiger partial charge in [0, 0.05) is 11.4 Å². The van der Waals surface area contributed by atoms with Crippen molar-refractivity contribution in [2.24, 2.45) is 5.92 Å². The van der Waals surface area contributed by atoms with E-state index in [0.717, 1.165) is 5.56 Å². The van der Waals surface area contributed by atoms with Crippen LogP contribution in [0.15, 0.2) is 24.3 Å². The van der Waals surface area contributed by atoms with Gasteiger partial charge in [-0.3, -0.25) is 4.79 Å². The number of hydrogen-bond acceptors (Lipinski definition) is 2. The zero-order valence-electron chi connectivity index (χ0n) is 11.7. The Hall–Kier alpha value is -1.55. The fourth-order valence-electron chi connectivity index (χ4n) is 1.84. The van der Waals surface area contributed by atoms with Crippen LogP contribution in [0.5, 0.6) is 0 Å². The first-order valence-electron chi connectivity index (χ1n) is 6.70. The molecule has 0 bridgehead atoms. The summed E-state index contributed by atoms with van der Waals surface area (Å²) in [5.41, 5.74) is 1.000. The van der Waals surface area contributed by atoms with Crippen molar-refractivity contribution in [2.75, 3.05) is 0 Å². The van der Waals surface area contributed by atoms with Crippen molar-refractivity contribution < 1.29 is 14.7 Å². The summed E-state index contributed by atoms with van der Waals surface area (Å²) in [5, 5.41) is 12.3. The summed E-state index contributed by atoms with van der Waals surface area (Å²) in [7, 11) is 0. The van der Waals surface area contributed by atoms with E-state index in [4.69, 9.17) is 16.7 Å². The smallest absolute Gasteiger partial charge is 0.326 e. The number of rotatable bonds is 7. The van der Waals surface area contributed by atoms with E-state index in [-0.39, 0.29) is 18.2 Å². The predicted molar refractivity (Wildman–Crippen MR) is 78.8 cm³/mol. The quantitative estimate of drug-likeness (QED) is 0.813. The lowest BCUT2D eigenvalue weighted by Crippen LogP contribution is -2.45. The highest BCUT2D eigenvalue weighted by atomic mass is 35.5. The van der Waals surface area contributed by atoms with E-state index in [0.29, 0.717) is 17.9 Å². The van der Waals surface area contributed by atoms with Crippen LogP contribution in [-0.4, -0.2) is 23.0 Å². The summed E-state index contributed by atoms with van der Waals surface area (Å²) in [6.07, 6.45) is 1.53. The molecule has 0 radical (unpaired) electrons. The van der Waals surface area contributed by atoms with Gasteiger partial charge in [0.25, 0.3) is 0 Å². The van der Waals surface area contributed by atoms with E-state index >= 15 is 0 Å². The van der Waals surface area contributed by atoms with Crippen molar-refractivity contribution in [3.8, 4) is 0 Å². The largest absolute Gasteiger partial charge is 0.480 e. The van der Waals surface area contributed by atoms with Crippen LogP contribution >= 0.6 is 11.6 Å². The molecular formula is C15H20ClNO3. The van der Waals surface area contributed by atoms with Crippen molar-refractivity contribution in [1.29, 1.82) is 0 Å². The number of nitrogens with one attached hydrogen (secondary N) is 1. The van der Waals surface area contributed by atoms with Gasteiger partial charge >= 0.3 is 5.97 Å². The minimum atomic E-state index is -0.987.